The number of carbonyl (C=O) groups excluding carboxylic acids is 1. The van der Waals surface area contributed by atoms with Gasteiger partial charge in [0.15, 0.2) is 0 Å². The minimum absolute atomic E-state index is 0.286. The molecule has 2 saturated heterocycles. The van der Waals surface area contributed by atoms with Crippen LogP contribution in [0.5, 0.6) is 5.75 Å². The highest BCUT2D eigenvalue weighted by molar-refractivity contribution is 5.85. The number of ether oxygens (including phenoxy) is 1. The number of fused-ring (bicyclic) bond motifs is 1. The fraction of sp³-hybridized carbons (Fsp3) is 0.550. The molecular weight excluding hydrogens is 314 g/mol. The van der Waals surface area contributed by atoms with Crippen molar-refractivity contribution < 1.29 is 9.53 Å². The first-order valence-electron chi connectivity index (χ1n) is 9.52. The van der Waals surface area contributed by atoms with Gasteiger partial charge in [0.25, 0.3) is 0 Å². The molecule has 2 aliphatic rings. The van der Waals surface area contributed by atoms with E-state index < -0.39 is 0 Å². The number of aromatic amines is 1. The largest absolute Gasteiger partial charge is 0.490 e. The minimum atomic E-state index is 0.286. The quantitative estimate of drug-likeness (QED) is 0.909. The summed E-state index contributed by atoms with van der Waals surface area (Å²) in [5, 5.41) is 1.16. The van der Waals surface area contributed by atoms with Crippen LogP contribution in [0.25, 0.3) is 10.9 Å². The summed E-state index contributed by atoms with van der Waals surface area (Å²) in [7, 11) is 0. The Balaban J connectivity index is 1.25. The van der Waals surface area contributed by atoms with Gasteiger partial charge in [-0.2, -0.15) is 0 Å². The third-order valence-corrected chi connectivity index (χ3v) is 5.49. The van der Waals surface area contributed by atoms with Gasteiger partial charge in [-0.15, -0.1) is 0 Å². The fourth-order valence-corrected chi connectivity index (χ4v) is 3.95. The van der Waals surface area contributed by atoms with E-state index in [2.05, 4.69) is 28.1 Å². The second-order valence-corrected chi connectivity index (χ2v) is 7.19. The molecular formula is C20H27N3O2. The van der Waals surface area contributed by atoms with Crippen LogP contribution >= 0.6 is 0 Å². The third kappa shape index (κ3) is 3.82. The standard InChI is InChI=1S/C20H27N3O2/c24-20-6-1-2-11-23(20)15-14-22-12-8-16(9-13-22)25-19-5-3-4-18-17(19)7-10-21-18/h3-5,7,10,16,21H,1-2,6,8-9,11-15H2. The van der Waals surface area contributed by atoms with E-state index in [4.69, 9.17) is 4.74 Å². The first-order chi connectivity index (χ1) is 12.3. The van der Waals surface area contributed by atoms with E-state index >= 15 is 0 Å². The lowest BCUT2D eigenvalue weighted by atomic mass is 10.1. The zero-order chi connectivity index (χ0) is 17.1. The Labute approximate surface area is 148 Å². The van der Waals surface area contributed by atoms with Crippen molar-refractivity contribution in [1.82, 2.24) is 14.8 Å². The van der Waals surface area contributed by atoms with Gasteiger partial charge < -0.3 is 19.5 Å². The Morgan fingerprint density at radius 2 is 1.96 bits per heavy atom. The summed E-state index contributed by atoms with van der Waals surface area (Å²) < 4.78 is 6.28. The molecule has 0 saturated carbocycles. The van der Waals surface area contributed by atoms with E-state index in [9.17, 15) is 4.79 Å². The Bertz CT molecular complexity index is 719. The van der Waals surface area contributed by atoms with Crippen molar-refractivity contribution in [1.29, 1.82) is 0 Å². The van der Waals surface area contributed by atoms with Crippen molar-refractivity contribution in [3.63, 3.8) is 0 Å². The van der Waals surface area contributed by atoms with E-state index in [0.29, 0.717) is 5.91 Å². The van der Waals surface area contributed by atoms with Crippen molar-refractivity contribution in [2.75, 3.05) is 32.7 Å². The van der Waals surface area contributed by atoms with Gasteiger partial charge in [-0.25, -0.2) is 0 Å². The lowest BCUT2D eigenvalue weighted by Crippen LogP contribution is -2.44. The van der Waals surface area contributed by atoms with Crippen LogP contribution in [0.2, 0.25) is 0 Å². The second kappa shape index (κ2) is 7.48. The van der Waals surface area contributed by atoms with Crippen LogP contribution in [0.1, 0.15) is 32.1 Å². The first kappa shape index (κ1) is 16.5. The molecule has 0 unspecified atom stereocenters. The van der Waals surface area contributed by atoms with Crippen LogP contribution in [0.4, 0.5) is 0 Å². The maximum Gasteiger partial charge on any atom is 0.222 e. The van der Waals surface area contributed by atoms with Gasteiger partial charge in [0.1, 0.15) is 11.9 Å². The Hall–Kier alpha value is -2.01. The zero-order valence-electron chi connectivity index (χ0n) is 14.7. The van der Waals surface area contributed by atoms with Gasteiger partial charge in [0, 0.05) is 56.2 Å². The summed E-state index contributed by atoms with van der Waals surface area (Å²) in [5.41, 5.74) is 1.13. The number of nitrogens with zero attached hydrogens (tertiary/aromatic N) is 2. The maximum absolute atomic E-state index is 11.9. The molecule has 4 rings (SSSR count). The summed E-state index contributed by atoms with van der Waals surface area (Å²) in [5.74, 6) is 1.32. The number of hydrogen-bond donors (Lipinski definition) is 1. The van der Waals surface area contributed by atoms with Crippen LogP contribution in [-0.4, -0.2) is 59.5 Å². The van der Waals surface area contributed by atoms with E-state index in [1.807, 2.05) is 17.2 Å². The molecule has 25 heavy (non-hydrogen) atoms. The highest BCUT2D eigenvalue weighted by Crippen LogP contribution is 2.27. The molecule has 3 heterocycles. The number of rotatable bonds is 5. The van der Waals surface area contributed by atoms with Crippen LogP contribution in [0.15, 0.2) is 30.5 Å². The molecule has 1 aromatic carbocycles. The van der Waals surface area contributed by atoms with E-state index in [0.717, 1.165) is 81.5 Å². The van der Waals surface area contributed by atoms with Crippen molar-refractivity contribution in [3.8, 4) is 5.75 Å². The topological polar surface area (TPSA) is 48.6 Å². The number of piperidine rings is 2. The van der Waals surface area contributed by atoms with Gasteiger partial charge in [0.05, 0.1) is 0 Å². The van der Waals surface area contributed by atoms with Crippen molar-refractivity contribution in [2.45, 2.75) is 38.2 Å². The molecule has 1 amide bonds. The lowest BCUT2D eigenvalue weighted by Gasteiger charge is -2.34. The SMILES string of the molecule is O=C1CCCCN1CCN1CCC(Oc2cccc3[nH]ccc23)CC1. The molecule has 0 bridgehead atoms. The zero-order valence-corrected chi connectivity index (χ0v) is 14.7. The summed E-state index contributed by atoms with van der Waals surface area (Å²) in [6, 6.07) is 8.26. The van der Waals surface area contributed by atoms with Gasteiger partial charge in [-0.1, -0.05) is 6.07 Å². The maximum atomic E-state index is 11.9. The first-order valence-corrected chi connectivity index (χ1v) is 9.52. The van der Waals surface area contributed by atoms with Crippen LogP contribution in [0, 0.1) is 0 Å². The molecule has 5 nitrogen and oxygen atoms in total. The summed E-state index contributed by atoms with van der Waals surface area (Å²) >= 11 is 0. The molecule has 2 fully saturated rings. The van der Waals surface area contributed by atoms with Crippen LogP contribution < -0.4 is 4.74 Å². The van der Waals surface area contributed by atoms with Gasteiger partial charge in [-0.3, -0.25) is 4.79 Å². The molecule has 5 heteroatoms. The predicted octanol–water partition coefficient (Wildman–Crippen LogP) is 3.02. The Morgan fingerprint density at radius 3 is 2.80 bits per heavy atom. The number of H-pyrrole nitrogens is 1. The second-order valence-electron chi connectivity index (χ2n) is 7.19. The monoisotopic (exact) mass is 341 g/mol. The normalized spacial score (nSPS) is 20.3. The van der Waals surface area contributed by atoms with Gasteiger partial charge >= 0.3 is 0 Å². The molecule has 2 aromatic rings. The third-order valence-electron chi connectivity index (χ3n) is 5.49. The average Bonchev–Trinajstić information content (AvgIpc) is 3.12. The smallest absolute Gasteiger partial charge is 0.222 e. The van der Waals surface area contributed by atoms with E-state index in [1.54, 1.807) is 0 Å². The number of amides is 1. The van der Waals surface area contributed by atoms with Crippen LogP contribution in [0.3, 0.4) is 0 Å². The number of carbonyl (C=O) groups is 1. The summed E-state index contributed by atoms with van der Waals surface area (Å²) in [6.45, 7) is 4.92. The number of likely N-dealkylation sites (tertiary alicyclic amines) is 2. The molecule has 1 aromatic heterocycles. The van der Waals surface area contributed by atoms with Gasteiger partial charge in [-0.05, 0) is 43.9 Å². The average molecular weight is 341 g/mol. The molecule has 2 aliphatic heterocycles. The van der Waals surface area contributed by atoms with E-state index in [-0.39, 0.29) is 6.10 Å². The molecule has 134 valence electrons. The number of aromatic nitrogens is 1. The number of benzene rings is 1. The van der Waals surface area contributed by atoms with Crippen molar-refractivity contribution in [3.05, 3.63) is 30.5 Å². The minimum Gasteiger partial charge on any atom is -0.490 e. The summed E-state index contributed by atoms with van der Waals surface area (Å²) in [4.78, 5) is 19.6. The Morgan fingerprint density at radius 1 is 1.08 bits per heavy atom. The fourth-order valence-electron chi connectivity index (χ4n) is 3.95. The molecule has 0 atom stereocenters. The molecule has 1 N–H and O–H groups in total. The van der Waals surface area contributed by atoms with Crippen molar-refractivity contribution in [2.24, 2.45) is 0 Å². The lowest BCUT2D eigenvalue weighted by molar-refractivity contribution is -0.133. The number of nitrogens with one attached hydrogen (secondary N) is 1. The van der Waals surface area contributed by atoms with Crippen LogP contribution in [-0.2, 0) is 4.79 Å². The Kier molecular flexibility index (Phi) is 4.92. The molecule has 0 radical (unpaired) electrons. The molecule has 0 aliphatic carbocycles. The molecule has 0 spiro atoms. The predicted molar refractivity (Wildman–Crippen MR) is 98.8 cm³/mol. The highest BCUT2D eigenvalue weighted by Gasteiger charge is 2.23. The highest BCUT2D eigenvalue weighted by atomic mass is 16.5. The summed E-state index contributed by atoms with van der Waals surface area (Å²) in [6.07, 6.45) is 7.30. The van der Waals surface area contributed by atoms with E-state index in [1.165, 1.54) is 0 Å². The van der Waals surface area contributed by atoms with Gasteiger partial charge in [0.2, 0.25) is 5.91 Å². The van der Waals surface area contributed by atoms with Crippen molar-refractivity contribution >= 4 is 16.8 Å². The number of hydrogen-bond acceptors (Lipinski definition) is 3.